The zero-order valence-electron chi connectivity index (χ0n) is 19.1. The van der Waals surface area contributed by atoms with Crippen LogP contribution in [-0.2, 0) is 31.6 Å². The molecule has 2 amide bonds. The van der Waals surface area contributed by atoms with E-state index in [0.717, 1.165) is 25.0 Å². The van der Waals surface area contributed by atoms with Crippen molar-refractivity contribution in [3.8, 4) is 0 Å². The van der Waals surface area contributed by atoms with Crippen molar-refractivity contribution in [3.63, 3.8) is 0 Å². The fourth-order valence-corrected chi connectivity index (χ4v) is 5.88. The molecular formula is C24H25F3N2O5S. The molecule has 2 N–H and O–H groups in total. The third-order valence-corrected chi connectivity index (χ3v) is 8.37. The third-order valence-electron chi connectivity index (χ3n) is 6.49. The summed E-state index contributed by atoms with van der Waals surface area (Å²) in [5.74, 6) is -0.738. The second-order valence-electron chi connectivity index (χ2n) is 9.27. The summed E-state index contributed by atoms with van der Waals surface area (Å²) in [7, 11) is -3.47. The largest absolute Gasteiger partial charge is 0.421 e. The molecule has 2 unspecified atom stereocenters. The Balaban J connectivity index is 1.57. The summed E-state index contributed by atoms with van der Waals surface area (Å²) in [5.41, 5.74) is -2.23. The van der Waals surface area contributed by atoms with Gasteiger partial charge in [0.05, 0.1) is 10.6 Å². The lowest BCUT2D eigenvalue weighted by molar-refractivity contribution is -0.258. The van der Waals surface area contributed by atoms with Crippen LogP contribution in [0.25, 0.3) is 0 Å². The number of hydrogen-bond acceptors (Lipinski definition) is 5. The van der Waals surface area contributed by atoms with Gasteiger partial charge < -0.3 is 15.3 Å². The average molecular weight is 511 g/mol. The van der Waals surface area contributed by atoms with Crippen LogP contribution in [0, 0.1) is 5.92 Å². The van der Waals surface area contributed by atoms with Crippen molar-refractivity contribution in [2.24, 2.45) is 5.92 Å². The number of amides is 2. The highest BCUT2D eigenvalue weighted by molar-refractivity contribution is 7.91. The summed E-state index contributed by atoms with van der Waals surface area (Å²) >= 11 is 0. The summed E-state index contributed by atoms with van der Waals surface area (Å²) in [4.78, 5) is 26.8. The number of carbonyl (C=O) groups excluding carboxylic acids is 2. The lowest BCUT2D eigenvalue weighted by Crippen LogP contribution is -2.39. The zero-order chi connectivity index (χ0) is 25.8. The zero-order valence-corrected chi connectivity index (χ0v) is 19.9. The molecule has 1 heterocycles. The molecule has 7 nitrogen and oxygen atoms in total. The first kappa shape index (κ1) is 25.2. The molecule has 2 aromatic carbocycles. The number of carbonyl (C=O) groups is 2. The van der Waals surface area contributed by atoms with Crippen molar-refractivity contribution in [2.75, 3.05) is 11.1 Å². The molecule has 0 aromatic heterocycles. The van der Waals surface area contributed by atoms with E-state index < -0.39 is 33.6 Å². The quantitative estimate of drug-likeness (QED) is 0.617. The summed E-state index contributed by atoms with van der Waals surface area (Å²) in [5, 5.41) is 12.4. The molecule has 0 saturated heterocycles. The Kier molecular flexibility index (Phi) is 6.21. The number of nitrogens with one attached hydrogen (secondary N) is 1. The smallest absolute Gasteiger partial charge is 0.376 e. The highest BCUT2D eigenvalue weighted by atomic mass is 32.2. The highest BCUT2D eigenvalue weighted by Crippen LogP contribution is 2.40. The van der Waals surface area contributed by atoms with E-state index in [0.29, 0.717) is 18.1 Å². The van der Waals surface area contributed by atoms with Gasteiger partial charge in [-0.15, -0.1) is 0 Å². The molecule has 0 bridgehead atoms. The van der Waals surface area contributed by atoms with Crippen LogP contribution >= 0.6 is 0 Å². The molecular weight excluding hydrogens is 485 g/mol. The second kappa shape index (κ2) is 8.63. The first-order valence-electron chi connectivity index (χ1n) is 11.0. The predicted octanol–water partition coefficient (Wildman–Crippen LogP) is 3.68. The van der Waals surface area contributed by atoms with Crippen molar-refractivity contribution in [3.05, 3.63) is 59.2 Å². The fourth-order valence-electron chi connectivity index (χ4n) is 4.14. The standard InChI is InChI=1S/C24H25F3N2O5S/c1-14(30)29-12-16-11-19(35(33,34)13-15-3-4-15)9-10-20(16)21(29)22(31)28-18-7-5-17(6-8-18)23(2,32)24(25,26)27/h5-11,15,21,32H,3-4,12-13H2,1-2H3,(H,28,31). The van der Waals surface area contributed by atoms with Gasteiger partial charge in [-0.05, 0) is 66.6 Å². The number of hydrogen-bond donors (Lipinski definition) is 2. The number of anilines is 1. The van der Waals surface area contributed by atoms with Crippen molar-refractivity contribution < 1.29 is 36.3 Å². The van der Waals surface area contributed by atoms with Gasteiger partial charge in [-0.1, -0.05) is 18.2 Å². The number of benzene rings is 2. The van der Waals surface area contributed by atoms with E-state index in [9.17, 15) is 36.3 Å². The van der Waals surface area contributed by atoms with E-state index in [1.54, 1.807) is 0 Å². The minimum Gasteiger partial charge on any atom is -0.376 e. The van der Waals surface area contributed by atoms with Gasteiger partial charge in [0, 0.05) is 19.2 Å². The lowest BCUT2D eigenvalue weighted by Gasteiger charge is -2.27. The fraction of sp³-hybridized carbons (Fsp3) is 0.417. The number of rotatable bonds is 6. The molecule has 0 spiro atoms. The molecule has 0 radical (unpaired) electrons. The van der Waals surface area contributed by atoms with Crippen LogP contribution in [0.2, 0.25) is 0 Å². The Morgan fingerprint density at radius 3 is 2.29 bits per heavy atom. The van der Waals surface area contributed by atoms with Crippen LogP contribution in [0.3, 0.4) is 0 Å². The van der Waals surface area contributed by atoms with Gasteiger partial charge in [-0.2, -0.15) is 13.2 Å². The van der Waals surface area contributed by atoms with Crippen molar-refractivity contribution in [1.82, 2.24) is 4.90 Å². The Morgan fingerprint density at radius 1 is 1.11 bits per heavy atom. The number of alkyl halides is 3. The molecule has 1 saturated carbocycles. The van der Waals surface area contributed by atoms with E-state index in [1.807, 2.05) is 0 Å². The molecule has 1 aliphatic carbocycles. The lowest BCUT2D eigenvalue weighted by atomic mass is 9.95. The SMILES string of the molecule is CC(=O)N1Cc2cc(S(=O)(=O)CC3CC3)ccc2C1C(=O)Nc1ccc(C(C)(O)C(F)(F)F)cc1. The highest BCUT2D eigenvalue weighted by Gasteiger charge is 2.51. The van der Waals surface area contributed by atoms with Crippen LogP contribution in [0.5, 0.6) is 0 Å². The molecule has 11 heteroatoms. The first-order valence-corrected chi connectivity index (χ1v) is 12.7. The molecule has 35 heavy (non-hydrogen) atoms. The Labute approximate surface area is 200 Å². The van der Waals surface area contributed by atoms with Gasteiger partial charge >= 0.3 is 6.18 Å². The van der Waals surface area contributed by atoms with Crippen molar-refractivity contribution in [1.29, 1.82) is 0 Å². The summed E-state index contributed by atoms with van der Waals surface area (Å²) in [6.45, 7) is 1.99. The predicted molar refractivity (Wildman–Crippen MR) is 121 cm³/mol. The topological polar surface area (TPSA) is 104 Å². The minimum atomic E-state index is -4.88. The number of halogens is 3. The third kappa shape index (κ3) is 4.92. The van der Waals surface area contributed by atoms with Gasteiger partial charge in [0.2, 0.25) is 5.91 Å². The van der Waals surface area contributed by atoms with E-state index in [-0.39, 0.29) is 40.3 Å². The molecule has 2 aliphatic rings. The first-order chi connectivity index (χ1) is 16.2. The summed E-state index contributed by atoms with van der Waals surface area (Å²) in [6.07, 6.45) is -3.10. The Morgan fingerprint density at radius 2 is 1.74 bits per heavy atom. The van der Waals surface area contributed by atoms with Crippen LogP contribution in [-0.4, -0.2) is 42.2 Å². The van der Waals surface area contributed by atoms with Crippen LogP contribution in [0.15, 0.2) is 47.4 Å². The monoisotopic (exact) mass is 510 g/mol. The van der Waals surface area contributed by atoms with E-state index in [1.165, 1.54) is 42.2 Å². The van der Waals surface area contributed by atoms with Crippen molar-refractivity contribution >= 4 is 27.3 Å². The molecule has 1 fully saturated rings. The van der Waals surface area contributed by atoms with Gasteiger partial charge in [0.25, 0.3) is 5.91 Å². The summed E-state index contributed by atoms with van der Waals surface area (Å²) in [6, 6.07) is 8.03. The van der Waals surface area contributed by atoms with E-state index >= 15 is 0 Å². The van der Waals surface area contributed by atoms with E-state index in [4.69, 9.17) is 0 Å². The van der Waals surface area contributed by atoms with Crippen LogP contribution in [0.4, 0.5) is 18.9 Å². The Bertz CT molecular complexity index is 1270. The average Bonchev–Trinajstić information content (AvgIpc) is 3.47. The van der Waals surface area contributed by atoms with Crippen molar-refractivity contribution in [2.45, 2.75) is 55.9 Å². The van der Waals surface area contributed by atoms with Crippen LogP contribution < -0.4 is 5.32 Å². The van der Waals surface area contributed by atoms with Gasteiger partial charge in [-0.3, -0.25) is 9.59 Å². The molecule has 1 aliphatic heterocycles. The summed E-state index contributed by atoms with van der Waals surface area (Å²) < 4.78 is 64.5. The normalized spacial score (nSPS) is 19.7. The molecule has 2 aromatic rings. The number of sulfone groups is 1. The molecule has 188 valence electrons. The van der Waals surface area contributed by atoms with Crippen LogP contribution in [0.1, 0.15) is 49.4 Å². The van der Waals surface area contributed by atoms with Gasteiger partial charge in [0.1, 0.15) is 6.04 Å². The molecule has 2 atom stereocenters. The van der Waals surface area contributed by atoms with Gasteiger partial charge in [0.15, 0.2) is 15.4 Å². The van der Waals surface area contributed by atoms with Gasteiger partial charge in [-0.25, -0.2) is 8.42 Å². The minimum absolute atomic E-state index is 0.0585. The van der Waals surface area contributed by atoms with E-state index in [2.05, 4.69) is 5.32 Å². The number of nitrogens with zero attached hydrogens (tertiary/aromatic N) is 1. The maximum atomic E-state index is 13.1. The Hall–Kier alpha value is -2.92. The second-order valence-corrected chi connectivity index (χ2v) is 11.3. The number of fused-ring (bicyclic) bond motifs is 1. The molecule has 4 rings (SSSR count). The number of aliphatic hydroxyl groups is 1. The maximum Gasteiger partial charge on any atom is 0.421 e. The maximum absolute atomic E-state index is 13.1.